The Morgan fingerprint density at radius 2 is 2.23 bits per heavy atom. The lowest BCUT2D eigenvalue weighted by Gasteiger charge is -2.10. The van der Waals surface area contributed by atoms with Crippen LogP contribution >= 0.6 is 22.9 Å². The molecule has 1 aliphatic rings. The van der Waals surface area contributed by atoms with Gasteiger partial charge >= 0.3 is 0 Å². The number of sulfonamides is 1. The van der Waals surface area contributed by atoms with E-state index in [9.17, 15) is 13.2 Å². The molecule has 22 heavy (non-hydrogen) atoms. The molecule has 1 N–H and O–H groups in total. The van der Waals surface area contributed by atoms with Crippen molar-refractivity contribution in [1.29, 1.82) is 0 Å². The Bertz CT molecular complexity index is 792. The molecule has 3 rings (SSSR count). The molecule has 0 radical (unpaired) electrons. The van der Waals surface area contributed by atoms with E-state index in [-0.39, 0.29) is 5.03 Å². The third kappa shape index (κ3) is 3.14. The Morgan fingerprint density at radius 3 is 2.91 bits per heavy atom. The summed E-state index contributed by atoms with van der Waals surface area (Å²) in [4.78, 5) is 17.2. The second-order valence-electron chi connectivity index (χ2n) is 4.61. The molecule has 9 heteroatoms. The zero-order valence-corrected chi connectivity index (χ0v) is 13.6. The average Bonchev–Trinajstić information content (AvgIpc) is 2.91. The van der Waals surface area contributed by atoms with E-state index in [0.717, 1.165) is 16.9 Å². The molecule has 6 nitrogen and oxygen atoms in total. The molecule has 0 aromatic carbocycles. The highest BCUT2D eigenvalue weighted by molar-refractivity contribution is 7.90. The maximum atomic E-state index is 12.1. The Morgan fingerprint density at radius 1 is 1.41 bits per heavy atom. The molecule has 2 aromatic heterocycles. The van der Waals surface area contributed by atoms with Crippen molar-refractivity contribution in [3.63, 3.8) is 0 Å². The van der Waals surface area contributed by atoms with E-state index in [4.69, 9.17) is 16.3 Å². The van der Waals surface area contributed by atoms with Crippen LogP contribution in [0, 0.1) is 0 Å². The molecule has 0 saturated carbocycles. The zero-order valence-electron chi connectivity index (χ0n) is 11.2. The number of aromatic nitrogens is 1. The van der Waals surface area contributed by atoms with Crippen molar-refractivity contribution in [2.45, 2.75) is 18.1 Å². The molecule has 0 unspecified atom stereocenters. The molecule has 0 atom stereocenters. The van der Waals surface area contributed by atoms with Gasteiger partial charge in [-0.3, -0.25) is 4.79 Å². The molecule has 1 aliphatic heterocycles. The predicted molar refractivity (Wildman–Crippen MR) is 81.6 cm³/mol. The number of hydrogen-bond acceptors (Lipinski definition) is 6. The maximum absolute atomic E-state index is 12.1. The summed E-state index contributed by atoms with van der Waals surface area (Å²) in [6.07, 6.45) is 1.94. The number of rotatable bonds is 3. The number of carbonyl (C=O) groups excluding carboxylic acids is 1. The van der Waals surface area contributed by atoms with Crippen LogP contribution in [0.5, 0.6) is 0 Å². The number of thiophene rings is 1. The number of ether oxygens (including phenoxy) is 1. The van der Waals surface area contributed by atoms with E-state index < -0.39 is 15.9 Å². The van der Waals surface area contributed by atoms with Crippen LogP contribution in [0.25, 0.3) is 0 Å². The summed E-state index contributed by atoms with van der Waals surface area (Å²) in [5.74, 6) is -0.670. The molecule has 1 amide bonds. The Labute approximate surface area is 136 Å². The average molecular weight is 359 g/mol. The van der Waals surface area contributed by atoms with Crippen molar-refractivity contribution in [2.75, 3.05) is 6.61 Å². The molecule has 0 saturated heterocycles. The number of nitrogens with one attached hydrogen (secondary N) is 1. The van der Waals surface area contributed by atoms with Crippen LogP contribution in [-0.4, -0.2) is 25.9 Å². The molecular weight excluding hydrogens is 348 g/mol. The third-order valence-corrected chi connectivity index (χ3v) is 5.76. The second-order valence-corrected chi connectivity index (χ2v) is 7.81. The van der Waals surface area contributed by atoms with Crippen LogP contribution in [0.1, 0.15) is 20.1 Å². The van der Waals surface area contributed by atoms with Crippen LogP contribution in [0.3, 0.4) is 0 Å². The van der Waals surface area contributed by atoms with Crippen molar-refractivity contribution in [2.24, 2.45) is 0 Å². The number of amides is 1. The van der Waals surface area contributed by atoms with Crippen molar-refractivity contribution < 1.29 is 17.9 Å². The Hall–Kier alpha value is -1.48. The van der Waals surface area contributed by atoms with E-state index in [1.807, 2.05) is 4.72 Å². The van der Waals surface area contributed by atoms with Gasteiger partial charge in [-0.1, -0.05) is 11.6 Å². The van der Waals surface area contributed by atoms with Crippen molar-refractivity contribution >= 4 is 38.9 Å². The van der Waals surface area contributed by atoms with Gasteiger partial charge in [-0.2, -0.15) is 8.42 Å². The Kier molecular flexibility index (Phi) is 4.18. The predicted octanol–water partition coefficient (Wildman–Crippen LogP) is 1.99. The lowest BCUT2D eigenvalue weighted by Crippen LogP contribution is -2.30. The fraction of sp³-hybridized carbons (Fsp3) is 0.231. The minimum atomic E-state index is -4.02. The summed E-state index contributed by atoms with van der Waals surface area (Å²) in [7, 11) is -4.02. The largest absolute Gasteiger partial charge is 0.376 e. The highest BCUT2D eigenvalue weighted by Crippen LogP contribution is 2.27. The van der Waals surface area contributed by atoms with Crippen LogP contribution in [0.4, 0.5) is 0 Å². The minimum absolute atomic E-state index is 0.255. The monoisotopic (exact) mass is 358 g/mol. The van der Waals surface area contributed by atoms with Crippen LogP contribution < -0.4 is 4.72 Å². The lowest BCUT2D eigenvalue weighted by atomic mass is 10.2. The van der Waals surface area contributed by atoms with E-state index in [0.29, 0.717) is 23.1 Å². The second kappa shape index (κ2) is 5.96. The molecule has 0 bridgehead atoms. The minimum Gasteiger partial charge on any atom is -0.376 e. The number of hydrogen-bond donors (Lipinski definition) is 1. The first-order valence-corrected chi connectivity index (χ1v) is 9.01. The van der Waals surface area contributed by atoms with Gasteiger partial charge in [-0.05, 0) is 23.8 Å². The number of halogens is 1. The summed E-state index contributed by atoms with van der Waals surface area (Å²) in [6.45, 7) is 1.06. The van der Waals surface area contributed by atoms with Crippen LogP contribution in [-0.2, 0) is 27.8 Å². The van der Waals surface area contributed by atoms with Crippen molar-refractivity contribution in [1.82, 2.24) is 9.71 Å². The van der Waals surface area contributed by atoms with E-state index in [1.54, 1.807) is 6.07 Å². The van der Waals surface area contributed by atoms with Crippen molar-refractivity contribution in [3.05, 3.63) is 44.7 Å². The molecule has 0 aliphatic carbocycles. The van der Waals surface area contributed by atoms with Gasteiger partial charge in [0.1, 0.15) is 0 Å². The fourth-order valence-electron chi connectivity index (χ4n) is 2.00. The van der Waals surface area contributed by atoms with Gasteiger partial charge in [0.25, 0.3) is 15.9 Å². The summed E-state index contributed by atoms with van der Waals surface area (Å²) in [6, 6.07) is 4.30. The van der Waals surface area contributed by atoms with E-state index in [1.165, 1.54) is 29.7 Å². The third-order valence-electron chi connectivity index (χ3n) is 3.05. The molecule has 116 valence electrons. The van der Waals surface area contributed by atoms with E-state index in [2.05, 4.69) is 4.98 Å². The molecule has 2 aromatic rings. The van der Waals surface area contributed by atoms with Crippen molar-refractivity contribution in [3.8, 4) is 0 Å². The normalized spacial score (nSPS) is 14.4. The molecule has 0 fully saturated rings. The first-order valence-electron chi connectivity index (χ1n) is 6.34. The zero-order chi connectivity index (χ0) is 15.7. The molecule has 0 spiro atoms. The number of nitrogens with zero attached hydrogens (tertiary/aromatic N) is 1. The SMILES string of the molecule is O=C(NS(=O)(=O)c1ccc(Cl)cn1)c1cc2c(s1)CCOC2. The van der Waals surface area contributed by atoms with Gasteiger partial charge in [0, 0.05) is 17.5 Å². The van der Waals surface area contributed by atoms with E-state index >= 15 is 0 Å². The van der Waals surface area contributed by atoms with Crippen LogP contribution in [0.2, 0.25) is 5.02 Å². The fourth-order valence-corrected chi connectivity index (χ4v) is 4.12. The topological polar surface area (TPSA) is 85.4 Å². The highest BCUT2D eigenvalue weighted by atomic mass is 35.5. The highest BCUT2D eigenvalue weighted by Gasteiger charge is 2.23. The lowest BCUT2D eigenvalue weighted by molar-refractivity contribution is 0.0984. The molecule has 3 heterocycles. The first-order chi connectivity index (χ1) is 10.5. The Balaban J connectivity index is 1.81. The van der Waals surface area contributed by atoms with Crippen LogP contribution in [0.15, 0.2) is 29.4 Å². The quantitative estimate of drug-likeness (QED) is 0.906. The van der Waals surface area contributed by atoms with Gasteiger partial charge in [0.2, 0.25) is 0 Å². The summed E-state index contributed by atoms with van der Waals surface area (Å²) >= 11 is 6.95. The van der Waals surface area contributed by atoms with Gasteiger partial charge < -0.3 is 4.74 Å². The number of pyridine rings is 1. The number of carbonyl (C=O) groups is 1. The number of fused-ring (bicyclic) bond motifs is 1. The maximum Gasteiger partial charge on any atom is 0.281 e. The first kappa shape index (κ1) is 15.4. The summed E-state index contributed by atoms with van der Waals surface area (Å²) < 4.78 is 31.5. The smallest absolute Gasteiger partial charge is 0.281 e. The van der Waals surface area contributed by atoms with Gasteiger partial charge in [-0.25, -0.2) is 9.71 Å². The summed E-state index contributed by atoms with van der Waals surface area (Å²) in [5.41, 5.74) is 0.934. The molecular formula is C13H11ClN2O4S2. The van der Waals surface area contributed by atoms with Gasteiger partial charge in [-0.15, -0.1) is 11.3 Å². The van der Waals surface area contributed by atoms with Gasteiger partial charge in [0.05, 0.1) is 23.1 Å². The summed E-state index contributed by atoms with van der Waals surface area (Å²) in [5, 5.41) is 0.0612. The standard InChI is InChI=1S/C13H11ClN2O4S2/c14-9-1-2-12(15-6-9)22(18,19)16-13(17)11-5-8-7-20-4-3-10(8)21-11/h1-2,5-6H,3-4,7H2,(H,16,17). The van der Waals surface area contributed by atoms with Gasteiger partial charge in [0.15, 0.2) is 5.03 Å².